The van der Waals surface area contributed by atoms with Crippen LogP contribution in [0.4, 0.5) is 5.69 Å². The van der Waals surface area contributed by atoms with Crippen molar-refractivity contribution >= 4 is 34.2 Å². The van der Waals surface area contributed by atoms with Gasteiger partial charge in [-0.3, -0.25) is 9.59 Å². The van der Waals surface area contributed by atoms with Crippen LogP contribution in [0.25, 0.3) is 22.3 Å². The molecule has 0 saturated carbocycles. The zero-order chi connectivity index (χ0) is 19.7. The van der Waals surface area contributed by atoms with Crippen molar-refractivity contribution < 1.29 is 9.21 Å². The second kappa shape index (κ2) is 7.33. The summed E-state index contributed by atoms with van der Waals surface area (Å²) in [7, 11) is 0. The Balaban J connectivity index is 1.70. The van der Waals surface area contributed by atoms with Crippen molar-refractivity contribution in [2.24, 2.45) is 0 Å². The third-order valence-electron chi connectivity index (χ3n) is 4.51. The van der Waals surface area contributed by atoms with Crippen LogP contribution in [0.3, 0.4) is 0 Å². The van der Waals surface area contributed by atoms with Crippen LogP contribution in [-0.2, 0) is 0 Å². The van der Waals surface area contributed by atoms with Crippen molar-refractivity contribution in [2.75, 3.05) is 5.32 Å². The van der Waals surface area contributed by atoms with Gasteiger partial charge in [-0.1, -0.05) is 48.0 Å². The van der Waals surface area contributed by atoms with Crippen LogP contribution < -0.4 is 10.7 Å². The van der Waals surface area contributed by atoms with E-state index in [1.807, 2.05) is 31.2 Å². The number of amides is 1. The molecule has 1 heterocycles. The van der Waals surface area contributed by atoms with Crippen LogP contribution in [0.15, 0.2) is 82.0 Å². The van der Waals surface area contributed by atoms with E-state index in [1.54, 1.807) is 42.5 Å². The fourth-order valence-electron chi connectivity index (χ4n) is 3.06. The average Bonchev–Trinajstić information content (AvgIpc) is 2.69. The summed E-state index contributed by atoms with van der Waals surface area (Å²) in [4.78, 5) is 25.1. The highest BCUT2D eigenvalue weighted by Crippen LogP contribution is 2.26. The maximum atomic E-state index is 12.7. The van der Waals surface area contributed by atoms with Crippen LogP contribution in [-0.4, -0.2) is 5.91 Å². The van der Waals surface area contributed by atoms with Gasteiger partial charge in [0.15, 0.2) is 5.43 Å². The molecular weight excluding hydrogens is 374 g/mol. The number of aryl methyl sites for hydroxylation is 1. The van der Waals surface area contributed by atoms with Crippen molar-refractivity contribution in [1.29, 1.82) is 0 Å². The van der Waals surface area contributed by atoms with Gasteiger partial charge in [-0.2, -0.15) is 0 Å². The first kappa shape index (κ1) is 18.0. The monoisotopic (exact) mass is 389 g/mol. The molecule has 0 atom stereocenters. The van der Waals surface area contributed by atoms with Gasteiger partial charge in [-0.05, 0) is 42.8 Å². The van der Waals surface area contributed by atoms with E-state index in [0.717, 1.165) is 11.1 Å². The molecule has 0 bridgehead atoms. The van der Waals surface area contributed by atoms with Crippen LogP contribution in [0.2, 0.25) is 5.02 Å². The smallest absolute Gasteiger partial charge is 0.257 e. The fraction of sp³-hybridized carbons (Fsp3) is 0.0435. The van der Waals surface area contributed by atoms with Crippen molar-refractivity contribution in [1.82, 2.24) is 0 Å². The maximum Gasteiger partial charge on any atom is 0.257 e. The molecule has 0 radical (unpaired) electrons. The Bertz CT molecular complexity index is 1260. The molecule has 0 unspecified atom stereocenters. The van der Waals surface area contributed by atoms with Gasteiger partial charge in [-0.25, -0.2) is 0 Å². The first-order valence-electron chi connectivity index (χ1n) is 8.73. The summed E-state index contributed by atoms with van der Waals surface area (Å²) in [5.41, 5.74) is 3.04. The zero-order valence-electron chi connectivity index (χ0n) is 15.0. The predicted octanol–water partition coefficient (Wildman–Crippen LogP) is 5.67. The van der Waals surface area contributed by atoms with E-state index in [4.69, 9.17) is 16.0 Å². The first-order chi connectivity index (χ1) is 13.5. The number of halogens is 1. The Hall–Kier alpha value is -3.37. The predicted molar refractivity (Wildman–Crippen MR) is 112 cm³/mol. The van der Waals surface area contributed by atoms with Gasteiger partial charge in [-0.15, -0.1) is 0 Å². The van der Waals surface area contributed by atoms with E-state index in [2.05, 4.69) is 5.32 Å². The quantitative estimate of drug-likeness (QED) is 0.490. The molecule has 28 heavy (non-hydrogen) atoms. The highest BCUT2D eigenvalue weighted by atomic mass is 35.5. The summed E-state index contributed by atoms with van der Waals surface area (Å²) >= 11 is 6.07. The lowest BCUT2D eigenvalue weighted by atomic mass is 10.1. The summed E-state index contributed by atoms with van der Waals surface area (Å²) < 4.78 is 5.94. The van der Waals surface area contributed by atoms with E-state index in [1.165, 1.54) is 6.07 Å². The van der Waals surface area contributed by atoms with Gasteiger partial charge in [0, 0.05) is 17.3 Å². The molecule has 0 aliphatic carbocycles. The Morgan fingerprint density at radius 1 is 0.964 bits per heavy atom. The lowest BCUT2D eigenvalue weighted by molar-refractivity contribution is 0.102. The molecule has 4 rings (SSSR count). The molecule has 4 nitrogen and oxygen atoms in total. The molecule has 1 aromatic heterocycles. The number of carbonyl (C=O) groups excluding carboxylic acids is 1. The topological polar surface area (TPSA) is 59.3 Å². The number of carbonyl (C=O) groups is 1. The number of anilines is 1. The number of nitrogens with one attached hydrogen (secondary N) is 1. The lowest BCUT2D eigenvalue weighted by Gasteiger charge is -2.09. The van der Waals surface area contributed by atoms with Crippen molar-refractivity contribution in [2.45, 2.75) is 6.92 Å². The van der Waals surface area contributed by atoms with Crippen LogP contribution in [0, 0.1) is 6.92 Å². The average molecular weight is 390 g/mol. The van der Waals surface area contributed by atoms with Gasteiger partial charge < -0.3 is 9.73 Å². The van der Waals surface area contributed by atoms with Gasteiger partial charge >= 0.3 is 0 Å². The van der Waals surface area contributed by atoms with E-state index < -0.39 is 0 Å². The van der Waals surface area contributed by atoms with Gasteiger partial charge in [0.2, 0.25) is 0 Å². The zero-order valence-corrected chi connectivity index (χ0v) is 15.8. The number of rotatable bonds is 3. The third-order valence-corrected chi connectivity index (χ3v) is 4.84. The highest BCUT2D eigenvalue weighted by molar-refractivity contribution is 6.34. The van der Waals surface area contributed by atoms with Crippen LogP contribution >= 0.6 is 11.6 Å². The second-order valence-corrected chi connectivity index (χ2v) is 6.84. The van der Waals surface area contributed by atoms with Gasteiger partial charge in [0.05, 0.1) is 16.0 Å². The largest absolute Gasteiger partial charge is 0.456 e. The maximum absolute atomic E-state index is 12.7. The molecule has 3 aromatic carbocycles. The minimum absolute atomic E-state index is 0.173. The van der Waals surface area contributed by atoms with E-state index in [9.17, 15) is 9.59 Å². The fourth-order valence-corrected chi connectivity index (χ4v) is 3.28. The molecule has 0 spiro atoms. The molecule has 1 amide bonds. The Morgan fingerprint density at radius 3 is 2.50 bits per heavy atom. The van der Waals surface area contributed by atoms with Crippen molar-refractivity contribution in [3.63, 3.8) is 0 Å². The Morgan fingerprint density at radius 2 is 1.71 bits per heavy atom. The molecule has 0 aliphatic rings. The Labute approximate surface area is 166 Å². The number of hydrogen-bond donors (Lipinski definition) is 1. The highest BCUT2D eigenvalue weighted by Gasteiger charge is 2.12. The standard InChI is InChI=1S/C23H16ClNO3/c1-14-6-2-3-7-16(14)22-13-20(26)18-12-15(10-11-21(18)28-22)25-23(27)17-8-4-5-9-19(17)24/h2-13H,1H3,(H,25,27). The van der Waals surface area contributed by atoms with Crippen LogP contribution in [0.1, 0.15) is 15.9 Å². The van der Waals surface area contributed by atoms with E-state index in [0.29, 0.717) is 33.0 Å². The third kappa shape index (κ3) is 3.42. The summed E-state index contributed by atoms with van der Waals surface area (Å²) in [5, 5.41) is 3.53. The molecule has 0 fully saturated rings. The molecule has 1 N–H and O–H groups in total. The minimum atomic E-state index is -0.342. The molecule has 0 saturated heterocycles. The Kier molecular flexibility index (Phi) is 4.72. The molecule has 5 heteroatoms. The summed E-state index contributed by atoms with van der Waals surface area (Å²) in [5.74, 6) is 0.175. The summed E-state index contributed by atoms with van der Waals surface area (Å²) in [6.07, 6.45) is 0. The van der Waals surface area contributed by atoms with Gasteiger partial charge in [0.25, 0.3) is 5.91 Å². The normalized spacial score (nSPS) is 10.8. The van der Waals surface area contributed by atoms with Crippen molar-refractivity contribution in [3.05, 3.63) is 99.2 Å². The molecule has 4 aromatic rings. The first-order valence-corrected chi connectivity index (χ1v) is 9.10. The molecule has 138 valence electrons. The second-order valence-electron chi connectivity index (χ2n) is 6.43. The SMILES string of the molecule is Cc1ccccc1-c1cc(=O)c2cc(NC(=O)c3ccccc3Cl)ccc2o1. The van der Waals surface area contributed by atoms with E-state index >= 15 is 0 Å². The lowest BCUT2D eigenvalue weighted by Crippen LogP contribution is -2.12. The van der Waals surface area contributed by atoms with Crippen molar-refractivity contribution in [3.8, 4) is 11.3 Å². The molecular formula is C23H16ClNO3. The molecule has 0 aliphatic heterocycles. The summed E-state index contributed by atoms with van der Waals surface area (Å²) in [6.45, 7) is 1.97. The van der Waals surface area contributed by atoms with E-state index in [-0.39, 0.29) is 11.3 Å². The number of hydrogen-bond acceptors (Lipinski definition) is 3. The summed E-state index contributed by atoms with van der Waals surface area (Å²) in [6, 6.07) is 21.0. The minimum Gasteiger partial charge on any atom is -0.456 e. The number of fused-ring (bicyclic) bond motifs is 1. The number of benzene rings is 3. The van der Waals surface area contributed by atoms with Crippen LogP contribution in [0.5, 0.6) is 0 Å². The van der Waals surface area contributed by atoms with Gasteiger partial charge in [0.1, 0.15) is 11.3 Å².